The van der Waals surface area contributed by atoms with Crippen molar-refractivity contribution in [1.29, 1.82) is 0 Å². The Morgan fingerprint density at radius 2 is 2.05 bits per heavy atom. The van der Waals surface area contributed by atoms with Crippen LogP contribution < -0.4 is 5.73 Å². The van der Waals surface area contributed by atoms with Crippen LogP contribution in [0.15, 0.2) is 36.4 Å². The highest BCUT2D eigenvalue weighted by atomic mass is 35.5. The molecule has 0 radical (unpaired) electrons. The van der Waals surface area contributed by atoms with Crippen LogP contribution in [-0.2, 0) is 0 Å². The summed E-state index contributed by atoms with van der Waals surface area (Å²) in [7, 11) is 0. The van der Waals surface area contributed by atoms with Crippen molar-refractivity contribution in [2.45, 2.75) is 13.0 Å². The summed E-state index contributed by atoms with van der Waals surface area (Å²) in [6.45, 7) is 1.59. The van der Waals surface area contributed by atoms with Crippen LogP contribution in [0.5, 0.6) is 0 Å². The minimum Gasteiger partial charge on any atom is -0.399 e. The Labute approximate surface area is 125 Å². The molecule has 1 heterocycles. The number of halogens is 2. The summed E-state index contributed by atoms with van der Waals surface area (Å²) in [5, 5.41) is 10.3. The molecular formula is C15H13ClFN3O. The van der Waals surface area contributed by atoms with E-state index in [1.807, 2.05) is 0 Å². The Balaban J connectivity index is 2.39. The number of nitrogen functional groups attached to an aromatic ring is 1. The molecule has 2 aromatic carbocycles. The number of anilines is 1. The highest BCUT2D eigenvalue weighted by Crippen LogP contribution is 2.30. The fraction of sp³-hybridized carbons (Fsp3) is 0.133. The number of nitrogens with two attached hydrogens (primary N) is 1. The Bertz CT molecular complexity index is 829. The highest BCUT2D eigenvalue weighted by molar-refractivity contribution is 6.32. The average molecular weight is 306 g/mol. The zero-order valence-electron chi connectivity index (χ0n) is 11.2. The first-order valence-electron chi connectivity index (χ1n) is 6.38. The van der Waals surface area contributed by atoms with Crippen molar-refractivity contribution in [2.75, 3.05) is 5.73 Å². The van der Waals surface area contributed by atoms with E-state index < -0.39 is 11.9 Å². The van der Waals surface area contributed by atoms with E-state index in [1.54, 1.807) is 29.7 Å². The second kappa shape index (κ2) is 5.02. The van der Waals surface area contributed by atoms with Gasteiger partial charge in [-0.3, -0.25) is 4.57 Å². The zero-order valence-corrected chi connectivity index (χ0v) is 12.0. The van der Waals surface area contributed by atoms with Crippen LogP contribution in [0.1, 0.15) is 18.9 Å². The monoisotopic (exact) mass is 305 g/mol. The van der Waals surface area contributed by atoms with Crippen molar-refractivity contribution in [1.82, 2.24) is 9.55 Å². The van der Waals surface area contributed by atoms with Crippen molar-refractivity contribution in [3.05, 3.63) is 53.1 Å². The molecule has 21 heavy (non-hydrogen) atoms. The lowest BCUT2D eigenvalue weighted by atomic mass is 10.2. The van der Waals surface area contributed by atoms with E-state index in [9.17, 15) is 9.50 Å². The van der Waals surface area contributed by atoms with E-state index in [4.69, 9.17) is 17.3 Å². The lowest BCUT2D eigenvalue weighted by molar-refractivity contribution is 0.187. The van der Waals surface area contributed by atoms with Gasteiger partial charge in [-0.25, -0.2) is 9.37 Å². The average Bonchev–Trinajstić information content (AvgIpc) is 2.80. The fourth-order valence-corrected chi connectivity index (χ4v) is 2.51. The molecule has 0 amide bonds. The van der Waals surface area contributed by atoms with E-state index >= 15 is 0 Å². The van der Waals surface area contributed by atoms with Gasteiger partial charge in [-0.15, -0.1) is 0 Å². The van der Waals surface area contributed by atoms with Crippen molar-refractivity contribution >= 4 is 28.3 Å². The summed E-state index contributed by atoms with van der Waals surface area (Å²) in [5.74, 6) is -0.0358. The predicted octanol–water partition coefficient (Wildman–Crippen LogP) is 3.45. The molecule has 0 saturated carbocycles. The number of hydrogen-bond donors (Lipinski definition) is 2. The van der Waals surface area contributed by atoms with Gasteiger partial charge in [-0.05, 0) is 43.3 Å². The van der Waals surface area contributed by atoms with Crippen molar-refractivity contribution in [2.24, 2.45) is 0 Å². The quantitative estimate of drug-likeness (QED) is 0.713. The van der Waals surface area contributed by atoms with E-state index in [0.29, 0.717) is 33.3 Å². The van der Waals surface area contributed by atoms with Crippen LogP contribution in [-0.4, -0.2) is 14.7 Å². The minimum absolute atomic E-state index is 0.370. The summed E-state index contributed by atoms with van der Waals surface area (Å²) < 4.78 is 15.2. The third-order valence-corrected chi connectivity index (χ3v) is 3.55. The van der Waals surface area contributed by atoms with Gasteiger partial charge in [0.15, 0.2) is 0 Å². The molecule has 6 heteroatoms. The van der Waals surface area contributed by atoms with Gasteiger partial charge in [0.25, 0.3) is 0 Å². The van der Waals surface area contributed by atoms with Gasteiger partial charge in [0.1, 0.15) is 17.7 Å². The fourth-order valence-electron chi connectivity index (χ4n) is 2.31. The van der Waals surface area contributed by atoms with Crippen molar-refractivity contribution in [3.8, 4) is 5.69 Å². The zero-order chi connectivity index (χ0) is 15.1. The second-order valence-corrected chi connectivity index (χ2v) is 5.23. The maximum atomic E-state index is 13.6. The second-order valence-electron chi connectivity index (χ2n) is 4.83. The summed E-state index contributed by atoms with van der Waals surface area (Å²) in [6, 6.07) is 9.26. The molecule has 0 aliphatic heterocycles. The first-order valence-corrected chi connectivity index (χ1v) is 6.76. The van der Waals surface area contributed by atoms with Gasteiger partial charge < -0.3 is 10.8 Å². The Hall–Kier alpha value is -2.11. The van der Waals surface area contributed by atoms with Gasteiger partial charge in [0.05, 0.1) is 21.7 Å². The number of nitrogens with zero attached hydrogens (tertiary/aromatic N) is 2. The van der Waals surface area contributed by atoms with Crippen LogP contribution in [0.4, 0.5) is 10.1 Å². The summed E-state index contributed by atoms with van der Waals surface area (Å²) in [6.07, 6.45) is -0.835. The maximum absolute atomic E-state index is 13.6. The Morgan fingerprint density at radius 1 is 1.29 bits per heavy atom. The maximum Gasteiger partial charge on any atom is 0.143 e. The third kappa shape index (κ3) is 2.34. The van der Waals surface area contributed by atoms with Gasteiger partial charge >= 0.3 is 0 Å². The van der Waals surface area contributed by atoms with Gasteiger partial charge in [0.2, 0.25) is 0 Å². The molecule has 0 spiro atoms. The van der Waals surface area contributed by atoms with E-state index in [0.717, 1.165) is 0 Å². The summed E-state index contributed by atoms with van der Waals surface area (Å²) in [5.41, 5.74) is 8.07. The molecule has 0 aliphatic rings. The van der Waals surface area contributed by atoms with Crippen LogP contribution in [0.3, 0.4) is 0 Å². The van der Waals surface area contributed by atoms with Gasteiger partial charge in [0, 0.05) is 5.69 Å². The summed E-state index contributed by atoms with van der Waals surface area (Å²) in [4.78, 5) is 4.37. The largest absolute Gasteiger partial charge is 0.399 e. The SMILES string of the molecule is CC(O)c1nc2cc(N)ccc2n1-c1cc(F)ccc1Cl. The van der Waals surface area contributed by atoms with E-state index in [1.165, 1.54) is 18.2 Å². The number of fused-ring (bicyclic) bond motifs is 1. The van der Waals surface area contributed by atoms with Crippen molar-refractivity contribution < 1.29 is 9.50 Å². The third-order valence-electron chi connectivity index (χ3n) is 3.23. The van der Waals surface area contributed by atoms with Gasteiger partial charge in [-0.1, -0.05) is 11.6 Å². The van der Waals surface area contributed by atoms with Crippen LogP contribution in [0, 0.1) is 5.82 Å². The van der Waals surface area contributed by atoms with Crippen LogP contribution in [0.2, 0.25) is 5.02 Å². The van der Waals surface area contributed by atoms with Crippen LogP contribution in [0.25, 0.3) is 16.7 Å². The molecule has 0 fully saturated rings. The summed E-state index contributed by atoms with van der Waals surface area (Å²) >= 11 is 6.17. The standard InChI is InChI=1S/C15H13ClFN3O/c1-8(21)15-19-12-7-10(18)3-5-13(12)20(15)14-6-9(17)2-4-11(14)16/h2-8,21H,18H2,1H3. The highest BCUT2D eigenvalue weighted by Gasteiger charge is 2.18. The molecule has 3 N–H and O–H groups in total. The number of hydrogen-bond acceptors (Lipinski definition) is 3. The number of imidazole rings is 1. The molecule has 4 nitrogen and oxygen atoms in total. The van der Waals surface area contributed by atoms with E-state index in [2.05, 4.69) is 4.98 Å². The molecule has 1 unspecified atom stereocenters. The van der Waals surface area contributed by atoms with Gasteiger partial charge in [-0.2, -0.15) is 0 Å². The molecule has 108 valence electrons. The molecule has 3 aromatic rings. The molecule has 1 atom stereocenters. The molecule has 1 aromatic heterocycles. The number of aliphatic hydroxyl groups is 1. The number of rotatable bonds is 2. The first-order chi connectivity index (χ1) is 9.97. The minimum atomic E-state index is -0.835. The molecule has 0 bridgehead atoms. The Morgan fingerprint density at radius 3 is 2.76 bits per heavy atom. The lowest BCUT2D eigenvalue weighted by Crippen LogP contribution is -2.05. The normalized spacial score (nSPS) is 12.8. The van der Waals surface area contributed by atoms with Crippen LogP contribution >= 0.6 is 11.6 Å². The topological polar surface area (TPSA) is 64.1 Å². The number of benzene rings is 2. The predicted molar refractivity (Wildman–Crippen MR) is 81.1 cm³/mol. The van der Waals surface area contributed by atoms with Crippen molar-refractivity contribution in [3.63, 3.8) is 0 Å². The smallest absolute Gasteiger partial charge is 0.143 e. The lowest BCUT2D eigenvalue weighted by Gasteiger charge is -2.12. The number of aromatic nitrogens is 2. The molecular weight excluding hydrogens is 293 g/mol. The Kier molecular flexibility index (Phi) is 3.31. The van der Waals surface area contributed by atoms with E-state index in [-0.39, 0.29) is 0 Å². The molecule has 0 aliphatic carbocycles. The first kappa shape index (κ1) is 13.9. The molecule has 0 saturated heterocycles. The molecule has 3 rings (SSSR count). The number of aliphatic hydroxyl groups excluding tert-OH is 1.